The van der Waals surface area contributed by atoms with Crippen molar-refractivity contribution >= 4 is 17.6 Å². The Bertz CT molecular complexity index is 484. The van der Waals surface area contributed by atoms with Crippen LogP contribution >= 0.6 is 0 Å². The van der Waals surface area contributed by atoms with Crippen molar-refractivity contribution in [1.29, 1.82) is 0 Å². The molecule has 5 heteroatoms. The number of carboxylic acid groups (broad SMARTS) is 1. The zero-order valence-corrected chi connectivity index (χ0v) is 10.1. The standard InChI is InChI=1S/C13H15NO4/c1-2-18-8-3-5-11-10(7-8)9(13(17)14-11)4-6-12(15)16/h3,5,7,9H,2,4,6H2,1H3,(H,14,17)(H,15,16). The lowest BCUT2D eigenvalue weighted by atomic mass is 9.95. The summed E-state index contributed by atoms with van der Waals surface area (Å²) in [5.41, 5.74) is 1.58. The van der Waals surface area contributed by atoms with Gasteiger partial charge in [-0.15, -0.1) is 0 Å². The Kier molecular flexibility index (Phi) is 3.50. The van der Waals surface area contributed by atoms with Crippen molar-refractivity contribution in [1.82, 2.24) is 0 Å². The molecule has 1 amide bonds. The summed E-state index contributed by atoms with van der Waals surface area (Å²) in [5, 5.41) is 11.4. The van der Waals surface area contributed by atoms with Crippen molar-refractivity contribution in [2.75, 3.05) is 11.9 Å². The van der Waals surface area contributed by atoms with Crippen LogP contribution in [0.1, 0.15) is 31.2 Å². The lowest BCUT2D eigenvalue weighted by Crippen LogP contribution is -2.13. The van der Waals surface area contributed by atoms with Gasteiger partial charge in [-0.1, -0.05) is 0 Å². The molecule has 1 aliphatic rings. The van der Waals surface area contributed by atoms with E-state index in [1.165, 1.54) is 0 Å². The van der Waals surface area contributed by atoms with Crippen molar-refractivity contribution in [2.45, 2.75) is 25.7 Å². The Labute approximate surface area is 105 Å². The van der Waals surface area contributed by atoms with E-state index in [-0.39, 0.29) is 12.3 Å². The van der Waals surface area contributed by atoms with Gasteiger partial charge in [0.15, 0.2) is 0 Å². The average molecular weight is 249 g/mol. The number of anilines is 1. The third-order valence-corrected chi connectivity index (χ3v) is 2.93. The maximum Gasteiger partial charge on any atom is 0.303 e. The molecule has 2 N–H and O–H groups in total. The maximum absolute atomic E-state index is 11.8. The SMILES string of the molecule is CCOc1ccc2c(c1)C(CCC(=O)O)C(=O)N2. The average Bonchev–Trinajstić information content (AvgIpc) is 2.62. The van der Waals surface area contributed by atoms with Crippen LogP contribution in [0.5, 0.6) is 5.75 Å². The summed E-state index contributed by atoms with van der Waals surface area (Å²) in [6, 6.07) is 5.39. The molecule has 0 saturated carbocycles. The van der Waals surface area contributed by atoms with Crippen molar-refractivity contribution in [3.05, 3.63) is 23.8 Å². The van der Waals surface area contributed by atoms with Gasteiger partial charge >= 0.3 is 5.97 Å². The molecule has 1 aromatic rings. The number of amides is 1. The molecule has 5 nitrogen and oxygen atoms in total. The minimum absolute atomic E-state index is 0.0175. The molecule has 1 atom stereocenters. The van der Waals surface area contributed by atoms with Gasteiger partial charge in [-0.2, -0.15) is 0 Å². The highest BCUT2D eigenvalue weighted by molar-refractivity contribution is 6.03. The second kappa shape index (κ2) is 5.08. The molecule has 0 aromatic heterocycles. The number of aliphatic carboxylic acids is 1. The van der Waals surface area contributed by atoms with Gasteiger partial charge in [-0.05, 0) is 37.1 Å². The molecule has 1 heterocycles. The van der Waals surface area contributed by atoms with Crippen molar-refractivity contribution < 1.29 is 19.4 Å². The largest absolute Gasteiger partial charge is 0.494 e. The van der Waals surface area contributed by atoms with Crippen LogP contribution in [0.2, 0.25) is 0 Å². The van der Waals surface area contributed by atoms with Gasteiger partial charge in [0.25, 0.3) is 0 Å². The van der Waals surface area contributed by atoms with E-state index in [2.05, 4.69) is 5.32 Å². The number of nitrogens with one attached hydrogen (secondary N) is 1. The first-order valence-electron chi connectivity index (χ1n) is 5.91. The number of carbonyl (C=O) groups excluding carboxylic acids is 1. The predicted octanol–water partition coefficient (Wildman–Crippen LogP) is 1.99. The Balaban J connectivity index is 2.21. The second-order valence-corrected chi connectivity index (χ2v) is 4.16. The molecule has 0 saturated heterocycles. The van der Waals surface area contributed by atoms with Crippen LogP contribution in [0.4, 0.5) is 5.69 Å². The third-order valence-electron chi connectivity index (χ3n) is 2.93. The molecule has 1 aromatic carbocycles. The third kappa shape index (κ3) is 2.45. The zero-order valence-electron chi connectivity index (χ0n) is 10.1. The second-order valence-electron chi connectivity index (χ2n) is 4.16. The van der Waals surface area contributed by atoms with Gasteiger partial charge in [0.1, 0.15) is 5.75 Å². The number of hydrogen-bond acceptors (Lipinski definition) is 3. The fourth-order valence-electron chi connectivity index (χ4n) is 2.11. The van der Waals surface area contributed by atoms with Gasteiger partial charge in [0.05, 0.1) is 12.5 Å². The van der Waals surface area contributed by atoms with Crippen LogP contribution in [0.25, 0.3) is 0 Å². The number of benzene rings is 1. The summed E-state index contributed by atoms with van der Waals surface area (Å²) in [5.74, 6) is -0.721. The van der Waals surface area contributed by atoms with E-state index in [1.54, 1.807) is 12.1 Å². The maximum atomic E-state index is 11.8. The highest BCUT2D eigenvalue weighted by Crippen LogP contribution is 2.37. The fraction of sp³-hybridized carbons (Fsp3) is 0.385. The predicted molar refractivity (Wildman–Crippen MR) is 65.9 cm³/mol. The lowest BCUT2D eigenvalue weighted by Gasteiger charge is -2.09. The van der Waals surface area contributed by atoms with Gasteiger partial charge in [0.2, 0.25) is 5.91 Å². The van der Waals surface area contributed by atoms with Gasteiger partial charge in [0, 0.05) is 12.1 Å². The van der Waals surface area contributed by atoms with Crippen molar-refractivity contribution in [3.8, 4) is 5.75 Å². The molecule has 0 fully saturated rings. The summed E-state index contributed by atoms with van der Waals surface area (Å²) >= 11 is 0. The molecule has 96 valence electrons. The van der Waals surface area contributed by atoms with E-state index in [9.17, 15) is 9.59 Å². The lowest BCUT2D eigenvalue weighted by molar-refractivity contribution is -0.137. The van der Waals surface area contributed by atoms with E-state index in [1.807, 2.05) is 13.0 Å². The van der Waals surface area contributed by atoms with E-state index in [0.29, 0.717) is 18.8 Å². The van der Waals surface area contributed by atoms with Crippen molar-refractivity contribution in [3.63, 3.8) is 0 Å². The number of carbonyl (C=O) groups is 2. The molecule has 18 heavy (non-hydrogen) atoms. The highest BCUT2D eigenvalue weighted by Gasteiger charge is 2.31. The number of carboxylic acids is 1. The first-order valence-corrected chi connectivity index (χ1v) is 5.91. The molecule has 0 spiro atoms. The summed E-state index contributed by atoms with van der Waals surface area (Å²) in [6.07, 6.45) is 0.292. The highest BCUT2D eigenvalue weighted by atomic mass is 16.5. The molecule has 0 aliphatic carbocycles. The monoisotopic (exact) mass is 249 g/mol. The molecule has 1 unspecified atom stereocenters. The molecular formula is C13H15NO4. The van der Waals surface area contributed by atoms with Crippen LogP contribution < -0.4 is 10.1 Å². The normalized spacial score (nSPS) is 17.2. The van der Waals surface area contributed by atoms with Crippen LogP contribution in [0.15, 0.2) is 18.2 Å². The summed E-state index contributed by atoms with van der Waals surface area (Å²) in [7, 11) is 0. The Hall–Kier alpha value is -2.04. The summed E-state index contributed by atoms with van der Waals surface area (Å²) in [4.78, 5) is 22.4. The van der Waals surface area contributed by atoms with Crippen LogP contribution in [-0.4, -0.2) is 23.6 Å². The summed E-state index contributed by atoms with van der Waals surface area (Å²) in [6.45, 7) is 2.44. The molecule has 0 bridgehead atoms. The van der Waals surface area contributed by atoms with Crippen molar-refractivity contribution in [2.24, 2.45) is 0 Å². The Morgan fingerprint density at radius 2 is 2.28 bits per heavy atom. The molecule has 0 radical (unpaired) electrons. The number of rotatable bonds is 5. The number of hydrogen-bond donors (Lipinski definition) is 2. The first-order chi connectivity index (χ1) is 8.61. The fourth-order valence-corrected chi connectivity index (χ4v) is 2.11. The minimum Gasteiger partial charge on any atom is -0.494 e. The Morgan fingerprint density at radius 1 is 1.50 bits per heavy atom. The van der Waals surface area contributed by atoms with Crippen LogP contribution in [-0.2, 0) is 9.59 Å². The molecular weight excluding hydrogens is 234 g/mol. The van der Waals surface area contributed by atoms with Crippen LogP contribution in [0.3, 0.4) is 0 Å². The smallest absolute Gasteiger partial charge is 0.303 e. The van der Waals surface area contributed by atoms with E-state index < -0.39 is 11.9 Å². The Morgan fingerprint density at radius 3 is 2.94 bits per heavy atom. The minimum atomic E-state index is -0.891. The van der Waals surface area contributed by atoms with E-state index >= 15 is 0 Å². The topological polar surface area (TPSA) is 75.6 Å². The quantitative estimate of drug-likeness (QED) is 0.836. The number of ether oxygens (including phenoxy) is 1. The van der Waals surface area contributed by atoms with Gasteiger partial charge in [-0.25, -0.2) is 0 Å². The zero-order chi connectivity index (χ0) is 13.1. The van der Waals surface area contributed by atoms with E-state index in [4.69, 9.17) is 9.84 Å². The molecule has 1 aliphatic heterocycles. The number of fused-ring (bicyclic) bond motifs is 1. The van der Waals surface area contributed by atoms with E-state index in [0.717, 1.165) is 11.3 Å². The van der Waals surface area contributed by atoms with Gasteiger partial charge in [-0.3, -0.25) is 9.59 Å². The van der Waals surface area contributed by atoms with Gasteiger partial charge < -0.3 is 15.2 Å². The molecule has 2 rings (SSSR count). The summed E-state index contributed by atoms with van der Waals surface area (Å²) < 4.78 is 5.38. The first kappa shape index (κ1) is 12.4. The van der Waals surface area contributed by atoms with Crippen LogP contribution in [0, 0.1) is 0 Å².